The number of hydrogen-bond acceptors (Lipinski definition) is 2. The molecular weight excluding hydrogens is 219 g/mol. The lowest BCUT2D eigenvalue weighted by Crippen LogP contribution is -2.42. The van der Waals surface area contributed by atoms with E-state index >= 15 is 0 Å². The molecule has 1 aliphatic rings. The molecule has 16 heavy (non-hydrogen) atoms. The average Bonchev–Trinajstić information content (AvgIpc) is 2.23. The minimum absolute atomic E-state index is 0.122. The molecule has 1 aliphatic carbocycles. The number of halogens is 3. The Morgan fingerprint density at radius 1 is 1.25 bits per heavy atom. The summed E-state index contributed by atoms with van der Waals surface area (Å²) in [6.07, 6.45) is -3.28. The van der Waals surface area contributed by atoms with E-state index in [0.29, 0.717) is 12.1 Å². The van der Waals surface area contributed by atoms with E-state index in [4.69, 9.17) is 0 Å². The molecule has 0 amide bonds. The van der Waals surface area contributed by atoms with Crippen LogP contribution in [0.25, 0.3) is 0 Å². The molecule has 0 radical (unpaired) electrons. The smallest absolute Gasteiger partial charge is 0.391 e. The molecule has 1 aromatic carbocycles. The zero-order valence-electron chi connectivity index (χ0n) is 8.46. The normalized spacial score (nSPS) is 25.0. The molecule has 88 valence electrons. The maximum Gasteiger partial charge on any atom is 0.416 e. The van der Waals surface area contributed by atoms with Gasteiger partial charge >= 0.3 is 6.18 Å². The molecule has 2 nitrogen and oxygen atoms in total. The molecule has 1 saturated carbocycles. The van der Waals surface area contributed by atoms with Crippen LogP contribution in [0.3, 0.4) is 0 Å². The topological polar surface area (TPSA) is 32.3 Å². The second kappa shape index (κ2) is 3.97. The highest BCUT2D eigenvalue weighted by atomic mass is 19.4. The van der Waals surface area contributed by atoms with E-state index in [-0.39, 0.29) is 6.04 Å². The molecule has 0 aromatic heterocycles. The Morgan fingerprint density at radius 3 is 2.50 bits per heavy atom. The number of anilines is 1. The second-order valence-corrected chi connectivity index (χ2v) is 3.97. The Bertz CT molecular complexity index is 378. The molecule has 0 saturated heterocycles. The molecule has 0 heterocycles. The first kappa shape index (κ1) is 11.3. The lowest BCUT2D eigenvalue weighted by molar-refractivity contribution is -0.137. The molecule has 0 unspecified atom stereocenters. The van der Waals surface area contributed by atoms with E-state index in [0.717, 1.165) is 18.6 Å². The van der Waals surface area contributed by atoms with Crippen LogP contribution in [0.4, 0.5) is 18.9 Å². The van der Waals surface area contributed by atoms with Crippen molar-refractivity contribution in [2.24, 2.45) is 0 Å². The molecule has 2 atom stereocenters. The zero-order chi connectivity index (χ0) is 11.8. The van der Waals surface area contributed by atoms with Crippen molar-refractivity contribution in [2.45, 2.75) is 31.2 Å². The van der Waals surface area contributed by atoms with Crippen LogP contribution in [0.15, 0.2) is 24.3 Å². The molecule has 1 aromatic rings. The van der Waals surface area contributed by atoms with E-state index in [9.17, 15) is 18.3 Å². The molecule has 2 N–H and O–H groups in total. The standard InChI is InChI=1S/C11H12F3NO/c12-11(13,14)7-2-1-3-8(6-7)15-9-4-5-10(9)16/h1-3,6,9-10,15-16H,4-5H2/t9-,10-/m0/s1. The Balaban J connectivity index is 2.10. The van der Waals surface area contributed by atoms with Crippen molar-refractivity contribution in [3.63, 3.8) is 0 Å². The molecule has 2 rings (SSSR count). The van der Waals surface area contributed by atoms with Gasteiger partial charge in [-0.15, -0.1) is 0 Å². The van der Waals surface area contributed by atoms with Gasteiger partial charge in [0, 0.05) is 5.69 Å². The van der Waals surface area contributed by atoms with Crippen LogP contribution in [0, 0.1) is 0 Å². The van der Waals surface area contributed by atoms with Crippen molar-refractivity contribution in [1.82, 2.24) is 0 Å². The fourth-order valence-corrected chi connectivity index (χ4v) is 1.65. The summed E-state index contributed by atoms with van der Waals surface area (Å²) in [6.45, 7) is 0. The van der Waals surface area contributed by atoms with Gasteiger partial charge in [0.25, 0.3) is 0 Å². The Labute approximate surface area is 91.1 Å². The quantitative estimate of drug-likeness (QED) is 0.820. The van der Waals surface area contributed by atoms with Crippen molar-refractivity contribution in [1.29, 1.82) is 0 Å². The van der Waals surface area contributed by atoms with Gasteiger partial charge in [0.1, 0.15) is 0 Å². The van der Waals surface area contributed by atoms with E-state index in [1.165, 1.54) is 6.07 Å². The number of hydrogen-bond donors (Lipinski definition) is 2. The van der Waals surface area contributed by atoms with E-state index < -0.39 is 17.8 Å². The van der Waals surface area contributed by atoms with Crippen LogP contribution in [0.2, 0.25) is 0 Å². The number of rotatable bonds is 2. The van der Waals surface area contributed by atoms with Crippen molar-refractivity contribution in [3.05, 3.63) is 29.8 Å². The third-order valence-electron chi connectivity index (χ3n) is 2.78. The van der Waals surface area contributed by atoms with Gasteiger partial charge in [-0.1, -0.05) is 6.07 Å². The highest BCUT2D eigenvalue weighted by Crippen LogP contribution is 2.31. The van der Waals surface area contributed by atoms with Crippen LogP contribution in [0.1, 0.15) is 18.4 Å². The summed E-state index contributed by atoms with van der Waals surface area (Å²) in [7, 11) is 0. The predicted molar refractivity (Wildman–Crippen MR) is 54.1 cm³/mol. The lowest BCUT2D eigenvalue weighted by atomic mass is 9.89. The fraction of sp³-hybridized carbons (Fsp3) is 0.455. The van der Waals surface area contributed by atoms with Crippen molar-refractivity contribution in [3.8, 4) is 0 Å². The number of benzene rings is 1. The summed E-state index contributed by atoms with van der Waals surface area (Å²) in [5.41, 5.74) is -0.273. The Hall–Kier alpha value is -1.23. The highest BCUT2D eigenvalue weighted by Gasteiger charge is 2.32. The van der Waals surface area contributed by atoms with E-state index in [1.807, 2.05) is 0 Å². The van der Waals surface area contributed by atoms with Gasteiger partial charge in [0.15, 0.2) is 0 Å². The molecule has 0 aliphatic heterocycles. The summed E-state index contributed by atoms with van der Waals surface area (Å²) in [4.78, 5) is 0. The summed E-state index contributed by atoms with van der Waals surface area (Å²) >= 11 is 0. The fourth-order valence-electron chi connectivity index (χ4n) is 1.65. The summed E-state index contributed by atoms with van der Waals surface area (Å²) < 4.78 is 37.2. The van der Waals surface area contributed by atoms with Gasteiger partial charge in [-0.2, -0.15) is 13.2 Å². The maximum absolute atomic E-state index is 12.4. The summed E-state index contributed by atoms with van der Waals surface area (Å²) in [6, 6.07) is 4.90. The van der Waals surface area contributed by atoms with Crippen molar-refractivity contribution < 1.29 is 18.3 Å². The zero-order valence-corrected chi connectivity index (χ0v) is 8.46. The molecular formula is C11H12F3NO. The number of aliphatic hydroxyl groups is 1. The second-order valence-electron chi connectivity index (χ2n) is 3.97. The number of nitrogens with one attached hydrogen (secondary N) is 1. The molecule has 5 heteroatoms. The average molecular weight is 231 g/mol. The molecule has 1 fully saturated rings. The Morgan fingerprint density at radius 2 is 2.00 bits per heavy atom. The van der Waals surface area contributed by atoms with Gasteiger partial charge in [-0.05, 0) is 31.0 Å². The summed E-state index contributed by atoms with van der Waals surface area (Å²) in [5, 5.41) is 12.2. The highest BCUT2D eigenvalue weighted by molar-refractivity contribution is 5.47. The van der Waals surface area contributed by atoms with Gasteiger partial charge in [0.05, 0.1) is 17.7 Å². The third-order valence-corrected chi connectivity index (χ3v) is 2.78. The predicted octanol–water partition coefficient (Wildman–Crippen LogP) is 2.64. The molecule has 0 bridgehead atoms. The van der Waals surface area contributed by atoms with Crippen molar-refractivity contribution in [2.75, 3.05) is 5.32 Å². The first-order chi connectivity index (χ1) is 7.47. The van der Waals surface area contributed by atoms with Crippen LogP contribution in [0.5, 0.6) is 0 Å². The number of alkyl halides is 3. The largest absolute Gasteiger partial charge is 0.416 e. The van der Waals surface area contributed by atoms with E-state index in [2.05, 4.69) is 5.32 Å². The number of aliphatic hydroxyl groups excluding tert-OH is 1. The maximum atomic E-state index is 12.4. The van der Waals surface area contributed by atoms with Gasteiger partial charge in [-0.25, -0.2) is 0 Å². The van der Waals surface area contributed by atoms with E-state index in [1.54, 1.807) is 6.07 Å². The monoisotopic (exact) mass is 231 g/mol. The SMILES string of the molecule is O[C@H]1CC[C@@H]1Nc1cccc(C(F)(F)F)c1. The summed E-state index contributed by atoms with van der Waals surface area (Å²) in [5.74, 6) is 0. The van der Waals surface area contributed by atoms with Crippen LogP contribution >= 0.6 is 0 Å². The van der Waals surface area contributed by atoms with Gasteiger partial charge in [0.2, 0.25) is 0 Å². The first-order valence-electron chi connectivity index (χ1n) is 5.09. The lowest BCUT2D eigenvalue weighted by Gasteiger charge is -2.33. The first-order valence-corrected chi connectivity index (χ1v) is 5.09. The Kier molecular flexibility index (Phi) is 2.80. The van der Waals surface area contributed by atoms with Gasteiger partial charge in [-0.3, -0.25) is 0 Å². The minimum atomic E-state index is -4.32. The van der Waals surface area contributed by atoms with Crippen LogP contribution in [-0.4, -0.2) is 17.3 Å². The van der Waals surface area contributed by atoms with Crippen LogP contribution < -0.4 is 5.32 Å². The van der Waals surface area contributed by atoms with Crippen LogP contribution in [-0.2, 0) is 6.18 Å². The minimum Gasteiger partial charge on any atom is -0.391 e. The van der Waals surface area contributed by atoms with Gasteiger partial charge < -0.3 is 10.4 Å². The molecule has 0 spiro atoms. The third kappa shape index (κ3) is 2.29. The van der Waals surface area contributed by atoms with Crippen molar-refractivity contribution >= 4 is 5.69 Å².